The molecule has 1 aromatic rings. The van der Waals surface area contributed by atoms with Crippen molar-refractivity contribution in [2.45, 2.75) is 20.3 Å². The van der Waals surface area contributed by atoms with E-state index in [0.717, 1.165) is 12.0 Å². The molecule has 0 amide bonds. The molecular formula is C12H15O2. The van der Waals surface area contributed by atoms with Crippen molar-refractivity contribution in [3.05, 3.63) is 41.8 Å². The minimum Gasteiger partial charge on any atom is -0.465 e. The predicted molar refractivity (Wildman–Crippen MR) is 55.8 cm³/mol. The molecule has 1 radical (unpaired) electrons. The van der Waals surface area contributed by atoms with Crippen molar-refractivity contribution in [2.24, 2.45) is 0 Å². The van der Waals surface area contributed by atoms with Gasteiger partial charge < -0.3 is 4.74 Å². The third-order valence-corrected chi connectivity index (χ3v) is 1.81. The van der Waals surface area contributed by atoms with E-state index in [1.54, 1.807) is 0 Å². The molecule has 0 N–H and O–H groups in total. The van der Waals surface area contributed by atoms with Gasteiger partial charge in [0.1, 0.15) is 0 Å². The first-order valence-electron chi connectivity index (χ1n) is 4.80. The summed E-state index contributed by atoms with van der Waals surface area (Å²) in [5.41, 5.74) is 2.07. The number of carbonyl (C=O) groups is 1. The van der Waals surface area contributed by atoms with Crippen molar-refractivity contribution >= 4 is 5.97 Å². The number of esters is 1. The van der Waals surface area contributed by atoms with Gasteiger partial charge in [-0.1, -0.05) is 36.8 Å². The second-order valence-electron chi connectivity index (χ2n) is 3.22. The summed E-state index contributed by atoms with van der Waals surface area (Å²) in [4.78, 5) is 11.2. The third-order valence-electron chi connectivity index (χ3n) is 1.81. The van der Waals surface area contributed by atoms with E-state index < -0.39 is 0 Å². The molecule has 0 saturated heterocycles. The Kier molecular flexibility index (Phi) is 4.17. The molecule has 1 rings (SSSR count). The van der Waals surface area contributed by atoms with Crippen molar-refractivity contribution in [1.29, 1.82) is 0 Å². The van der Waals surface area contributed by atoms with E-state index in [4.69, 9.17) is 4.74 Å². The second kappa shape index (κ2) is 5.43. The van der Waals surface area contributed by atoms with Gasteiger partial charge in [0.05, 0.1) is 13.0 Å². The highest BCUT2D eigenvalue weighted by molar-refractivity contribution is 5.83. The van der Waals surface area contributed by atoms with Crippen molar-refractivity contribution in [1.82, 2.24) is 0 Å². The van der Waals surface area contributed by atoms with Crippen molar-refractivity contribution in [3.63, 3.8) is 0 Å². The fourth-order valence-corrected chi connectivity index (χ4v) is 1.04. The van der Waals surface area contributed by atoms with Crippen molar-refractivity contribution in [3.8, 4) is 0 Å². The lowest BCUT2D eigenvalue weighted by molar-refractivity contribution is -0.139. The van der Waals surface area contributed by atoms with E-state index in [9.17, 15) is 4.79 Å². The van der Waals surface area contributed by atoms with Crippen LogP contribution in [-0.4, -0.2) is 12.6 Å². The molecule has 14 heavy (non-hydrogen) atoms. The first-order valence-corrected chi connectivity index (χ1v) is 4.80. The molecule has 0 atom stereocenters. The summed E-state index contributed by atoms with van der Waals surface area (Å²) in [7, 11) is 0. The maximum Gasteiger partial charge on any atom is 0.314 e. The predicted octanol–water partition coefficient (Wildman–Crippen LogP) is 2.50. The van der Waals surface area contributed by atoms with Gasteiger partial charge in [-0.2, -0.15) is 0 Å². The van der Waals surface area contributed by atoms with Crippen LogP contribution in [0.5, 0.6) is 0 Å². The molecular weight excluding hydrogens is 176 g/mol. The number of aryl methyl sites for hydroxylation is 1. The number of hydrogen-bond donors (Lipinski definition) is 0. The largest absolute Gasteiger partial charge is 0.465 e. The van der Waals surface area contributed by atoms with E-state index in [2.05, 4.69) is 0 Å². The SMILES string of the molecule is CCCOC(=O)[CH]c1ccc(C)cc1. The van der Waals surface area contributed by atoms with Gasteiger partial charge in [0.25, 0.3) is 0 Å². The molecule has 0 aliphatic heterocycles. The van der Waals surface area contributed by atoms with Gasteiger partial charge >= 0.3 is 5.97 Å². The Hall–Kier alpha value is -1.31. The third kappa shape index (κ3) is 3.60. The van der Waals surface area contributed by atoms with Crippen LogP contribution < -0.4 is 0 Å². The molecule has 0 aromatic heterocycles. The Morgan fingerprint density at radius 2 is 2.00 bits per heavy atom. The van der Waals surface area contributed by atoms with Crippen LogP contribution in [0.2, 0.25) is 0 Å². The fraction of sp³-hybridized carbons (Fsp3) is 0.333. The highest BCUT2D eigenvalue weighted by Crippen LogP contribution is 2.06. The van der Waals surface area contributed by atoms with Crippen LogP contribution in [-0.2, 0) is 9.53 Å². The average Bonchev–Trinajstić information content (AvgIpc) is 2.18. The molecule has 0 unspecified atom stereocenters. The Balaban J connectivity index is 2.44. The number of hydrogen-bond acceptors (Lipinski definition) is 2. The molecule has 0 fully saturated rings. The summed E-state index contributed by atoms with van der Waals surface area (Å²) < 4.78 is 4.93. The topological polar surface area (TPSA) is 26.3 Å². The standard InChI is InChI=1S/C12H15O2/c1-3-8-14-12(13)9-11-6-4-10(2)5-7-11/h4-7,9H,3,8H2,1-2H3. The van der Waals surface area contributed by atoms with Crippen LogP contribution in [0.15, 0.2) is 24.3 Å². The Morgan fingerprint density at radius 1 is 1.36 bits per heavy atom. The van der Waals surface area contributed by atoms with Crippen LogP contribution in [0.25, 0.3) is 0 Å². The smallest absolute Gasteiger partial charge is 0.314 e. The summed E-state index contributed by atoms with van der Waals surface area (Å²) in [5.74, 6) is -0.268. The lowest BCUT2D eigenvalue weighted by Crippen LogP contribution is -2.06. The molecule has 1 aromatic carbocycles. The lowest BCUT2D eigenvalue weighted by Gasteiger charge is -2.02. The van der Waals surface area contributed by atoms with Crippen LogP contribution in [0.3, 0.4) is 0 Å². The van der Waals surface area contributed by atoms with E-state index in [0.29, 0.717) is 6.61 Å². The maximum absolute atomic E-state index is 11.2. The van der Waals surface area contributed by atoms with E-state index in [1.807, 2.05) is 38.1 Å². The molecule has 2 nitrogen and oxygen atoms in total. The van der Waals surface area contributed by atoms with Crippen molar-refractivity contribution in [2.75, 3.05) is 6.61 Å². The highest BCUT2D eigenvalue weighted by Gasteiger charge is 2.03. The Bertz CT molecular complexity index is 288. The zero-order valence-corrected chi connectivity index (χ0v) is 8.62. The summed E-state index contributed by atoms with van der Waals surface area (Å²) in [5, 5.41) is 0. The first-order chi connectivity index (χ1) is 6.72. The average molecular weight is 191 g/mol. The fourth-order valence-electron chi connectivity index (χ4n) is 1.04. The van der Waals surface area contributed by atoms with Crippen LogP contribution in [0, 0.1) is 13.3 Å². The normalized spacial score (nSPS) is 9.86. The summed E-state index contributed by atoms with van der Waals surface area (Å²) >= 11 is 0. The van der Waals surface area contributed by atoms with Gasteiger partial charge in [0.15, 0.2) is 0 Å². The zero-order chi connectivity index (χ0) is 10.4. The van der Waals surface area contributed by atoms with Gasteiger partial charge in [-0.3, -0.25) is 4.79 Å². The summed E-state index contributed by atoms with van der Waals surface area (Å²) in [6, 6.07) is 7.75. The van der Waals surface area contributed by atoms with Crippen LogP contribution in [0.4, 0.5) is 0 Å². The second-order valence-corrected chi connectivity index (χ2v) is 3.22. The number of rotatable bonds is 4. The molecule has 2 heteroatoms. The van der Waals surface area contributed by atoms with Gasteiger partial charge in [-0.05, 0) is 18.9 Å². The summed E-state index contributed by atoms with van der Waals surface area (Å²) in [6.45, 7) is 4.47. The van der Waals surface area contributed by atoms with Crippen LogP contribution in [0.1, 0.15) is 24.5 Å². The maximum atomic E-state index is 11.2. The Labute approximate surface area is 84.9 Å². The minimum absolute atomic E-state index is 0.268. The van der Waals surface area contributed by atoms with Gasteiger partial charge in [0.2, 0.25) is 0 Å². The number of carbonyl (C=O) groups excluding carboxylic acids is 1. The minimum atomic E-state index is -0.268. The van der Waals surface area contributed by atoms with E-state index in [1.165, 1.54) is 12.0 Å². The molecule has 0 bridgehead atoms. The lowest BCUT2D eigenvalue weighted by atomic mass is 10.1. The van der Waals surface area contributed by atoms with Gasteiger partial charge in [-0.15, -0.1) is 0 Å². The molecule has 0 spiro atoms. The number of ether oxygens (including phenoxy) is 1. The van der Waals surface area contributed by atoms with Crippen LogP contribution >= 0.6 is 0 Å². The Morgan fingerprint density at radius 3 is 2.57 bits per heavy atom. The molecule has 0 aliphatic rings. The monoisotopic (exact) mass is 191 g/mol. The molecule has 0 aliphatic carbocycles. The summed E-state index contributed by atoms with van der Waals surface area (Å²) in [6.07, 6.45) is 2.36. The highest BCUT2D eigenvalue weighted by atomic mass is 16.5. The quantitative estimate of drug-likeness (QED) is 0.683. The van der Waals surface area contributed by atoms with Crippen molar-refractivity contribution < 1.29 is 9.53 Å². The zero-order valence-electron chi connectivity index (χ0n) is 8.62. The van der Waals surface area contributed by atoms with E-state index >= 15 is 0 Å². The van der Waals surface area contributed by atoms with E-state index in [-0.39, 0.29) is 5.97 Å². The first kappa shape index (κ1) is 10.8. The number of benzene rings is 1. The van der Waals surface area contributed by atoms with Gasteiger partial charge in [0, 0.05) is 0 Å². The molecule has 0 saturated carbocycles. The van der Waals surface area contributed by atoms with Gasteiger partial charge in [-0.25, -0.2) is 0 Å². The molecule has 0 heterocycles. The molecule has 75 valence electrons.